The molecule has 8 aromatic rings. The second-order valence-electron chi connectivity index (χ2n) is 9.99. The minimum absolute atomic E-state index is 0.651. The molecule has 0 bridgehead atoms. The lowest BCUT2D eigenvalue weighted by Gasteiger charge is -2.15. The molecule has 0 saturated heterocycles. The Hall–Kier alpha value is -5.17. The molecule has 2 aromatic heterocycles. The molecule has 2 heterocycles. The average molecular weight is 528 g/mol. The number of rotatable bonds is 3. The van der Waals surface area contributed by atoms with Crippen molar-refractivity contribution in [3.8, 4) is 39.4 Å². The van der Waals surface area contributed by atoms with Gasteiger partial charge in [-0.05, 0) is 35.4 Å². The molecule has 3 heteroatoms. The van der Waals surface area contributed by atoms with Crippen molar-refractivity contribution in [3.05, 3.63) is 133 Å². The van der Waals surface area contributed by atoms with Crippen LogP contribution in [0.5, 0.6) is 0 Å². The van der Waals surface area contributed by atoms with Crippen molar-refractivity contribution in [2.75, 3.05) is 0 Å². The molecule has 0 N–H and O–H groups in total. The van der Waals surface area contributed by atoms with Gasteiger partial charge < -0.3 is 4.42 Å². The molecular formula is C37H21NOS. The summed E-state index contributed by atoms with van der Waals surface area (Å²) in [4.78, 5) is 0. The summed E-state index contributed by atoms with van der Waals surface area (Å²) in [5, 5.41) is 15.3. The average Bonchev–Trinajstić information content (AvgIpc) is 3.59. The van der Waals surface area contributed by atoms with E-state index in [-0.39, 0.29) is 0 Å². The summed E-state index contributed by atoms with van der Waals surface area (Å²) in [6, 6.07) is 46.6. The smallest absolute Gasteiger partial charge is 0.143 e. The predicted molar refractivity (Wildman–Crippen MR) is 168 cm³/mol. The van der Waals surface area contributed by atoms with Crippen LogP contribution in [0, 0.1) is 11.3 Å². The number of fused-ring (bicyclic) bond motifs is 6. The summed E-state index contributed by atoms with van der Waals surface area (Å²) in [6.07, 6.45) is 0. The molecule has 0 atom stereocenters. The highest BCUT2D eigenvalue weighted by molar-refractivity contribution is 7.26. The summed E-state index contributed by atoms with van der Waals surface area (Å²) in [7, 11) is 0. The standard InChI is InChI=1S/C37H21NOS/c38-22-33-31(28-15-8-14-27-25-12-4-6-18-34(25)39-36(27)28)20-24(23-10-2-1-3-11-23)21-32(33)30-17-9-16-29-26-13-5-7-19-35(26)40-37(29)30/h1-21H. The maximum Gasteiger partial charge on any atom is 0.143 e. The Kier molecular flexibility index (Phi) is 5.10. The van der Waals surface area contributed by atoms with Gasteiger partial charge in [0.1, 0.15) is 17.2 Å². The van der Waals surface area contributed by atoms with Crippen molar-refractivity contribution in [1.82, 2.24) is 0 Å². The third-order valence-electron chi connectivity index (χ3n) is 7.75. The zero-order valence-corrected chi connectivity index (χ0v) is 22.2. The first-order valence-corrected chi connectivity index (χ1v) is 14.1. The molecule has 0 radical (unpaired) electrons. The fraction of sp³-hybridized carbons (Fsp3) is 0. The van der Waals surface area contributed by atoms with E-state index >= 15 is 0 Å². The van der Waals surface area contributed by atoms with E-state index in [1.165, 1.54) is 20.2 Å². The van der Waals surface area contributed by atoms with Crippen molar-refractivity contribution in [1.29, 1.82) is 5.26 Å². The number of thiophene rings is 1. The lowest BCUT2D eigenvalue weighted by Crippen LogP contribution is -1.93. The van der Waals surface area contributed by atoms with Gasteiger partial charge in [-0.2, -0.15) is 5.26 Å². The zero-order chi connectivity index (χ0) is 26.6. The third-order valence-corrected chi connectivity index (χ3v) is 8.97. The van der Waals surface area contributed by atoms with E-state index in [0.29, 0.717) is 5.56 Å². The zero-order valence-electron chi connectivity index (χ0n) is 21.4. The van der Waals surface area contributed by atoms with Gasteiger partial charge in [-0.1, -0.05) is 103 Å². The molecule has 186 valence electrons. The van der Waals surface area contributed by atoms with Crippen LogP contribution in [-0.4, -0.2) is 0 Å². The monoisotopic (exact) mass is 527 g/mol. The first-order chi connectivity index (χ1) is 19.8. The number of furan rings is 1. The predicted octanol–water partition coefficient (Wildman–Crippen LogP) is 10.8. The summed E-state index contributed by atoms with van der Waals surface area (Å²) in [5.74, 6) is 0. The molecule has 0 fully saturated rings. The topological polar surface area (TPSA) is 36.9 Å². The fourth-order valence-electron chi connectivity index (χ4n) is 5.90. The van der Waals surface area contributed by atoms with Gasteiger partial charge in [0, 0.05) is 53.2 Å². The molecule has 0 spiro atoms. The molecule has 6 aromatic carbocycles. The largest absolute Gasteiger partial charge is 0.455 e. The number of hydrogen-bond donors (Lipinski definition) is 0. The van der Waals surface area contributed by atoms with Crippen LogP contribution in [0.3, 0.4) is 0 Å². The highest BCUT2D eigenvalue weighted by Gasteiger charge is 2.21. The van der Waals surface area contributed by atoms with Gasteiger partial charge in [-0.25, -0.2) is 0 Å². The van der Waals surface area contributed by atoms with Crippen molar-refractivity contribution >= 4 is 53.4 Å². The van der Waals surface area contributed by atoms with E-state index in [1.54, 1.807) is 11.3 Å². The van der Waals surface area contributed by atoms with E-state index in [9.17, 15) is 5.26 Å². The van der Waals surface area contributed by atoms with Gasteiger partial charge in [0.15, 0.2) is 0 Å². The summed E-state index contributed by atoms with van der Waals surface area (Å²) in [6.45, 7) is 0. The van der Waals surface area contributed by atoms with E-state index in [4.69, 9.17) is 4.42 Å². The molecule has 0 aliphatic rings. The van der Waals surface area contributed by atoms with Crippen LogP contribution < -0.4 is 0 Å². The van der Waals surface area contributed by atoms with Crippen LogP contribution in [0.1, 0.15) is 5.56 Å². The molecule has 0 aliphatic heterocycles. The highest BCUT2D eigenvalue weighted by atomic mass is 32.1. The number of nitrogens with zero attached hydrogens (tertiary/aromatic N) is 1. The summed E-state index contributed by atoms with van der Waals surface area (Å²) < 4.78 is 8.87. The van der Waals surface area contributed by atoms with Crippen LogP contribution in [0.4, 0.5) is 0 Å². The first kappa shape index (κ1) is 22.8. The molecule has 0 amide bonds. The van der Waals surface area contributed by atoms with Crippen molar-refractivity contribution in [2.24, 2.45) is 0 Å². The Morgan fingerprint density at radius 1 is 0.525 bits per heavy atom. The van der Waals surface area contributed by atoms with Gasteiger partial charge in [-0.15, -0.1) is 11.3 Å². The van der Waals surface area contributed by atoms with Gasteiger partial charge in [-0.3, -0.25) is 0 Å². The molecular weight excluding hydrogens is 506 g/mol. The molecule has 40 heavy (non-hydrogen) atoms. The Bertz CT molecular complexity index is 2150. The second-order valence-corrected chi connectivity index (χ2v) is 11.0. The fourth-order valence-corrected chi connectivity index (χ4v) is 7.13. The Balaban J connectivity index is 1.49. The highest BCUT2D eigenvalue weighted by Crippen LogP contribution is 2.45. The Morgan fingerprint density at radius 3 is 2.00 bits per heavy atom. The molecule has 2 nitrogen and oxygen atoms in total. The van der Waals surface area contributed by atoms with Crippen LogP contribution in [0.25, 0.3) is 75.5 Å². The minimum atomic E-state index is 0.651. The Labute approximate surface area is 235 Å². The quantitative estimate of drug-likeness (QED) is 0.229. The molecule has 0 aliphatic carbocycles. The van der Waals surface area contributed by atoms with Crippen molar-refractivity contribution in [3.63, 3.8) is 0 Å². The van der Waals surface area contributed by atoms with E-state index in [2.05, 4.69) is 109 Å². The van der Waals surface area contributed by atoms with Gasteiger partial charge >= 0.3 is 0 Å². The maximum absolute atomic E-state index is 10.7. The van der Waals surface area contributed by atoms with Crippen LogP contribution in [0.15, 0.2) is 132 Å². The summed E-state index contributed by atoms with van der Waals surface area (Å²) >= 11 is 1.78. The Morgan fingerprint density at radius 2 is 1.18 bits per heavy atom. The third kappa shape index (κ3) is 3.41. The van der Waals surface area contributed by atoms with Gasteiger partial charge in [0.25, 0.3) is 0 Å². The van der Waals surface area contributed by atoms with E-state index in [1.807, 2.05) is 24.3 Å². The number of hydrogen-bond acceptors (Lipinski definition) is 3. The SMILES string of the molecule is N#Cc1c(-c2cccc3c2oc2ccccc23)cc(-c2ccccc2)cc1-c1cccc2c1sc1ccccc12. The number of nitriles is 1. The number of benzene rings is 6. The minimum Gasteiger partial charge on any atom is -0.455 e. The molecule has 0 unspecified atom stereocenters. The van der Waals surface area contributed by atoms with Crippen LogP contribution in [-0.2, 0) is 0 Å². The van der Waals surface area contributed by atoms with Crippen molar-refractivity contribution in [2.45, 2.75) is 0 Å². The van der Waals surface area contributed by atoms with Crippen LogP contribution >= 0.6 is 11.3 Å². The maximum atomic E-state index is 10.7. The molecule has 0 saturated carbocycles. The lowest BCUT2D eigenvalue weighted by atomic mass is 9.87. The normalized spacial score (nSPS) is 11.5. The van der Waals surface area contributed by atoms with Gasteiger partial charge in [0.05, 0.1) is 5.56 Å². The number of para-hydroxylation sites is 2. The van der Waals surface area contributed by atoms with E-state index in [0.717, 1.165) is 55.3 Å². The lowest BCUT2D eigenvalue weighted by molar-refractivity contribution is 0.670. The second kappa shape index (κ2) is 8.95. The van der Waals surface area contributed by atoms with Crippen LogP contribution in [0.2, 0.25) is 0 Å². The molecule has 8 rings (SSSR count). The first-order valence-electron chi connectivity index (χ1n) is 13.2. The van der Waals surface area contributed by atoms with E-state index < -0.39 is 0 Å². The van der Waals surface area contributed by atoms with Crippen molar-refractivity contribution < 1.29 is 4.42 Å². The summed E-state index contributed by atoms with van der Waals surface area (Å²) in [5.41, 5.74) is 8.28. The van der Waals surface area contributed by atoms with Gasteiger partial charge in [0.2, 0.25) is 0 Å².